The number of hydrogen-bond donors (Lipinski definition) is 2. The second-order valence-electron chi connectivity index (χ2n) is 10.9. The van der Waals surface area contributed by atoms with Crippen LogP contribution in [0.5, 0.6) is 5.75 Å². The van der Waals surface area contributed by atoms with E-state index in [9.17, 15) is 13.8 Å². The highest BCUT2D eigenvalue weighted by atomic mass is 35.5. The Bertz CT molecular complexity index is 1750. The largest absolute Gasteiger partial charge is 0.492 e. The van der Waals surface area contributed by atoms with Crippen molar-refractivity contribution in [1.82, 2.24) is 15.0 Å². The Morgan fingerprint density at radius 3 is 2.49 bits per heavy atom. The van der Waals surface area contributed by atoms with Gasteiger partial charge < -0.3 is 24.8 Å². The smallest absolute Gasteiger partial charge is 0.229 e. The number of ether oxygens (including phenoxy) is 1. The SMILES string of the molecule is CCOc1cc(N2CCC(=O)CC2)c(CC)cc1Nc1ncc(Cl)c(Nc2ccc3nc(C)c(F)cc3c2P(C)(C)=O)n1. The van der Waals surface area contributed by atoms with E-state index in [1.165, 1.54) is 12.3 Å². The number of nitrogens with one attached hydrogen (secondary N) is 2. The molecule has 0 spiro atoms. The summed E-state index contributed by atoms with van der Waals surface area (Å²) in [7, 11) is -2.91. The summed E-state index contributed by atoms with van der Waals surface area (Å²) in [5, 5.41) is 7.66. The van der Waals surface area contributed by atoms with Crippen molar-refractivity contribution in [3.8, 4) is 5.75 Å². The van der Waals surface area contributed by atoms with Crippen molar-refractivity contribution in [3.63, 3.8) is 0 Å². The number of nitrogens with zero attached hydrogens (tertiary/aromatic N) is 4. The first-order valence-corrected chi connectivity index (χ1v) is 17.2. The van der Waals surface area contributed by atoms with Crippen molar-refractivity contribution in [1.29, 1.82) is 0 Å². The van der Waals surface area contributed by atoms with Crippen LogP contribution in [0.1, 0.15) is 37.9 Å². The summed E-state index contributed by atoms with van der Waals surface area (Å²) >= 11 is 6.51. The van der Waals surface area contributed by atoms with Crippen molar-refractivity contribution >= 4 is 69.6 Å². The van der Waals surface area contributed by atoms with Gasteiger partial charge in [0.25, 0.3) is 0 Å². The first-order chi connectivity index (χ1) is 20.5. The molecule has 3 heterocycles. The minimum atomic E-state index is -2.91. The van der Waals surface area contributed by atoms with Gasteiger partial charge in [0.2, 0.25) is 5.95 Å². The van der Waals surface area contributed by atoms with Crippen LogP contribution in [0.3, 0.4) is 0 Å². The third-order valence-corrected chi connectivity index (χ3v) is 9.24. The van der Waals surface area contributed by atoms with Crippen molar-refractivity contribution in [2.45, 2.75) is 40.0 Å². The molecule has 0 saturated carbocycles. The molecule has 1 aliphatic rings. The highest BCUT2D eigenvalue weighted by Gasteiger charge is 2.24. The number of aromatic nitrogens is 3. The maximum atomic E-state index is 14.5. The highest BCUT2D eigenvalue weighted by Crippen LogP contribution is 2.42. The lowest BCUT2D eigenvalue weighted by Crippen LogP contribution is -2.34. The Morgan fingerprint density at radius 1 is 1.07 bits per heavy atom. The standard InChI is InChI=1S/C31H35ClFN6O3P/c1-6-19-14-26(28(42-7-2)16-27(19)39-12-10-20(40)11-13-39)37-31-34-17-22(32)30(38-31)36-25-9-8-24-21(29(25)43(4,5)41)15-23(33)18(3)35-24/h8-9,14-17H,6-7,10-13H2,1-5H3,(H2,34,36,37,38). The van der Waals surface area contributed by atoms with Crippen LogP contribution < -0.4 is 25.6 Å². The van der Waals surface area contributed by atoms with Crippen LogP contribution in [0.15, 0.2) is 36.5 Å². The molecule has 226 valence electrons. The van der Waals surface area contributed by atoms with Gasteiger partial charge in [-0.05, 0) is 63.4 Å². The second kappa shape index (κ2) is 12.5. The number of ketones is 1. The van der Waals surface area contributed by atoms with Crippen molar-refractivity contribution in [3.05, 3.63) is 58.6 Å². The number of carbonyl (C=O) groups is 1. The molecule has 1 saturated heterocycles. The summed E-state index contributed by atoms with van der Waals surface area (Å²) in [5.74, 6) is 1.02. The van der Waals surface area contributed by atoms with Crippen molar-refractivity contribution in [2.24, 2.45) is 0 Å². The Balaban J connectivity index is 1.51. The molecule has 9 nitrogen and oxygen atoms in total. The molecule has 2 aromatic carbocycles. The third kappa shape index (κ3) is 6.60. The zero-order valence-electron chi connectivity index (χ0n) is 24.9. The fourth-order valence-corrected chi connectivity index (χ4v) is 6.92. The molecule has 12 heteroatoms. The summed E-state index contributed by atoms with van der Waals surface area (Å²) in [6, 6.07) is 8.90. The van der Waals surface area contributed by atoms with Crippen LogP contribution in [0.4, 0.5) is 33.2 Å². The molecule has 2 aromatic heterocycles. The molecular weight excluding hydrogens is 590 g/mol. The van der Waals surface area contributed by atoms with Crippen molar-refractivity contribution in [2.75, 3.05) is 48.6 Å². The quantitative estimate of drug-likeness (QED) is 0.190. The van der Waals surface area contributed by atoms with Gasteiger partial charge in [-0.2, -0.15) is 4.98 Å². The summed E-state index contributed by atoms with van der Waals surface area (Å²) < 4.78 is 34.0. The number of aryl methyl sites for hydroxylation is 2. The van der Waals surface area contributed by atoms with Gasteiger partial charge in [0.1, 0.15) is 29.5 Å². The average molecular weight is 625 g/mol. The minimum Gasteiger partial charge on any atom is -0.492 e. The second-order valence-corrected chi connectivity index (χ2v) is 14.4. The van der Waals surface area contributed by atoms with Gasteiger partial charge in [0.05, 0.1) is 35.4 Å². The van der Waals surface area contributed by atoms with E-state index in [0.29, 0.717) is 65.9 Å². The van der Waals surface area contributed by atoms with Crippen LogP contribution in [0.2, 0.25) is 5.02 Å². The van der Waals surface area contributed by atoms with Gasteiger partial charge in [0, 0.05) is 48.4 Å². The average Bonchev–Trinajstić information content (AvgIpc) is 2.96. The van der Waals surface area contributed by atoms with E-state index in [1.807, 2.05) is 19.1 Å². The number of fused-ring (bicyclic) bond motifs is 1. The monoisotopic (exact) mass is 624 g/mol. The molecule has 0 atom stereocenters. The fourth-order valence-electron chi connectivity index (χ4n) is 5.31. The van der Waals surface area contributed by atoms with Crippen LogP contribution in [0, 0.1) is 12.7 Å². The van der Waals surface area contributed by atoms with Crippen LogP contribution in [-0.4, -0.2) is 53.8 Å². The van der Waals surface area contributed by atoms with E-state index in [2.05, 4.69) is 37.4 Å². The molecule has 0 unspecified atom stereocenters. The van der Waals surface area contributed by atoms with Gasteiger partial charge in [-0.1, -0.05) is 18.5 Å². The molecule has 0 aliphatic carbocycles. The van der Waals surface area contributed by atoms with E-state index >= 15 is 0 Å². The van der Waals surface area contributed by atoms with E-state index in [4.69, 9.17) is 16.3 Å². The first kappa shape index (κ1) is 30.7. The zero-order chi connectivity index (χ0) is 30.9. The molecule has 0 amide bonds. The molecular formula is C31H35ClFN6O3P. The first-order valence-electron chi connectivity index (χ1n) is 14.3. The molecule has 1 fully saturated rings. The van der Waals surface area contributed by atoms with Crippen LogP contribution >= 0.6 is 18.7 Å². The van der Waals surface area contributed by atoms with E-state index in [0.717, 1.165) is 17.7 Å². The molecule has 43 heavy (non-hydrogen) atoms. The number of pyridine rings is 1. The van der Waals surface area contributed by atoms with Crippen LogP contribution in [-0.2, 0) is 15.8 Å². The maximum Gasteiger partial charge on any atom is 0.229 e. The number of carbonyl (C=O) groups excluding carboxylic acids is 1. The molecule has 5 rings (SSSR count). The fraction of sp³-hybridized carbons (Fsp3) is 0.355. The van der Waals surface area contributed by atoms with Gasteiger partial charge in [-0.15, -0.1) is 0 Å². The molecule has 2 N–H and O–H groups in total. The van der Waals surface area contributed by atoms with Crippen molar-refractivity contribution < 1.29 is 18.5 Å². The predicted octanol–water partition coefficient (Wildman–Crippen LogP) is 6.99. The van der Waals surface area contributed by atoms with Crippen LogP contribution in [0.25, 0.3) is 10.9 Å². The third-order valence-electron chi connectivity index (χ3n) is 7.40. The lowest BCUT2D eigenvalue weighted by atomic mass is 10.0. The number of hydrogen-bond acceptors (Lipinski definition) is 9. The lowest BCUT2D eigenvalue weighted by Gasteiger charge is -2.31. The summed E-state index contributed by atoms with van der Waals surface area (Å²) in [6.07, 6.45) is 3.33. The lowest BCUT2D eigenvalue weighted by molar-refractivity contribution is -0.119. The minimum absolute atomic E-state index is 0.251. The summed E-state index contributed by atoms with van der Waals surface area (Å²) in [5.41, 5.74) is 4.16. The van der Waals surface area contributed by atoms with E-state index in [1.54, 1.807) is 32.4 Å². The summed E-state index contributed by atoms with van der Waals surface area (Å²) in [4.78, 5) is 27.4. The molecule has 0 radical (unpaired) electrons. The molecule has 1 aliphatic heterocycles. The number of rotatable bonds is 9. The Labute approximate surface area is 255 Å². The number of anilines is 5. The topological polar surface area (TPSA) is 109 Å². The van der Waals surface area contributed by atoms with Gasteiger partial charge in [0.15, 0.2) is 5.82 Å². The van der Waals surface area contributed by atoms with Gasteiger partial charge in [-0.25, -0.2) is 9.37 Å². The normalized spacial score (nSPS) is 13.8. The molecule has 4 aromatic rings. The highest BCUT2D eigenvalue weighted by molar-refractivity contribution is 7.71. The zero-order valence-corrected chi connectivity index (χ0v) is 26.6. The maximum absolute atomic E-state index is 14.5. The van der Waals surface area contributed by atoms with Gasteiger partial charge in [-0.3, -0.25) is 9.78 Å². The Hall–Kier alpha value is -3.75. The number of benzene rings is 2. The number of Topliss-reactive ketones (excluding diaryl/α,β-unsaturated/α-hetero) is 1. The van der Waals surface area contributed by atoms with E-state index in [-0.39, 0.29) is 28.3 Å². The number of piperidine rings is 1. The Morgan fingerprint density at radius 2 is 1.81 bits per heavy atom. The van der Waals surface area contributed by atoms with E-state index < -0.39 is 13.0 Å². The predicted molar refractivity (Wildman–Crippen MR) is 173 cm³/mol. The Kier molecular flexibility index (Phi) is 8.90. The van der Waals surface area contributed by atoms with Gasteiger partial charge >= 0.3 is 0 Å². The number of halogens is 2. The molecule has 0 bridgehead atoms. The summed E-state index contributed by atoms with van der Waals surface area (Å²) in [6.45, 7) is 10.7.